The van der Waals surface area contributed by atoms with Crippen LogP contribution in [0.4, 0.5) is 18.9 Å². The van der Waals surface area contributed by atoms with Crippen molar-refractivity contribution in [3.05, 3.63) is 29.8 Å². The summed E-state index contributed by atoms with van der Waals surface area (Å²) >= 11 is 0. The fourth-order valence-corrected chi connectivity index (χ4v) is 2.24. The number of nitrogens with zero attached hydrogens (tertiary/aromatic N) is 1. The standard InChI is InChI=1S/C14H17F3N2O/c15-14(16,17)11-4-3-5-12(10-11)18-7-6-13(20)19-8-1-2-9-19/h3-5,10,18H,1-2,6-9H2. The molecular formula is C14H17F3N2O. The van der Waals surface area contributed by atoms with E-state index in [1.165, 1.54) is 6.07 Å². The van der Waals surface area contributed by atoms with E-state index in [2.05, 4.69) is 5.32 Å². The number of amides is 1. The Morgan fingerprint density at radius 1 is 1.25 bits per heavy atom. The molecule has 1 heterocycles. The number of alkyl halides is 3. The predicted octanol–water partition coefficient (Wildman–Crippen LogP) is 3.13. The van der Waals surface area contributed by atoms with Gasteiger partial charge in [0.2, 0.25) is 5.91 Å². The van der Waals surface area contributed by atoms with Crippen LogP contribution in [0.1, 0.15) is 24.8 Å². The highest BCUT2D eigenvalue weighted by Crippen LogP contribution is 2.30. The number of carbonyl (C=O) groups is 1. The molecule has 0 atom stereocenters. The Hall–Kier alpha value is -1.72. The molecule has 1 saturated heterocycles. The van der Waals surface area contributed by atoms with E-state index in [1.807, 2.05) is 0 Å². The molecule has 6 heteroatoms. The van der Waals surface area contributed by atoms with Crippen LogP contribution in [0.2, 0.25) is 0 Å². The lowest BCUT2D eigenvalue weighted by atomic mass is 10.2. The summed E-state index contributed by atoms with van der Waals surface area (Å²) in [7, 11) is 0. The summed E-state index contributed by atoms with van der Waals surface area (Å²) in [6.07, 6.45) is -1.97. The molecule has 1 aromatic rings. The minimum Gasteiger partial charge on any atom is -0.385 e. The van der Waals surface area contributed by atoms with Crippen LogP contribution in [0.25, 0.3) is 0 Å². The SMILES string of the molecule is O=C(CCNc1cccc(C(F)(F)F)c1)N1CCCC1. The average molecular weight is 286 g/mol. The van der Waals surface area contributed by atoms with Crippen molar-refractivity contribution in [2.75, 3.05) is 25.0 Å². The third-order valence-corrected chi connectivity index (χ3v) is 3.32. The lowest BCUT2D eigenvalue weighted by molar-refractivity contribution is -0.137. The van der Waals surface area contributed by atoms with Gasteiger partial charge >= 0.3 is 6.18 Å². The predicted molar refractivity (Wildman–Crippen MR) is 70.4 cm³/mol. The van der Waals surface area contributed by atoms with Crippen molar-refractivity contribution in [2.45, 2.75) is 25.4 Å². The smallest absolute Gasteiger partial charge is 0.385 e. The Labute approximate surface area is 115 Å². The molecule has 1 fully saturated rings. The fourth-order valence-electron chi connectivity index (χ4n) is 2.24. The third kappa shape index (κ3) is 3.88. The second-order valence-electron chi connectivity index (χ2n) is 4.84. The molecule has 0 aliphatic carbocycles. The Kier molecular flexibility index (Phi) is 4.52. The van der Waals surface area contributed by atoms with E-state index < -0.39 is 11.7 Å². The maximum Gasteiger partial charge on any atom is 0.416 e. The van der Waals surface area contributed by atoms with E-state index in [0.29, 0.717) is 18.7 Å². The highest BCUT2D eigenvalue weighted by Gasteiger charge is 2.30. The van der Waals surface area contributed by atoms with Crippen LogP contribution in [-0.4, -0.2) is 30.4 Å². The summed E-state index contributed by atoms with van der Waals surface area (Å²) in [5.41, 5.74) is -0.303. The molecule has 1 N–H and O–H groups in total. The Morgan fingerprint density at radius 2 is 1.95 bits per heavy atom. The average Bonchev–Trinajstić information content (AvgIpc) is 2.92. The fraction of sp³-hybridized carbons (Fsp3) is 0.500. The number of halogens is 3. The van der Waals surface area contributed by atoms with E-state index in [-0.39, 0.29) is 5.91 Å². The van der Waals surface area contributed by atoms with Crippen molar-refractivity contribution in [2.24, 2.45) is 0 Å². The van der Waals surface area contributed by atoms with Crippen LogP contribution in [0.5, 0.6) is 0 Å². The number of nitrogens with one attached hydrogen (secondary N) is 1. The van der Waals surface area contributed by atoms with Crippen LogP contribution in [0.3, 0.4) is 0 Å². The zero-order chi connectivity index (χ0) is 14.6. The summed E-state index contributed by atoms with van der Waals surface area (Å²) in [4.78, 5) is 13.6. The van der Waals surface area contributed by atoms with E-state index >= 15 is 0 Å². The molecule has 3 nitrogen and oxygen atoms in total. The monoisotopic (exact) mass is 286 g/mol. The first-order valence-electron chi connectivity index (χ1n) is 6.66. The van der Waals surface area contributed by atoms with Gasteiger partial charge in [-0.05, 0) is 31.0 Å². The molecule has 0 bridgehead atoms. The molecule has 20 heavy (non-hydrogen) atoms. The number of carbonyl (C=O) groups excluding carboxylic acids is 1. The van der Waals surface area contributed by atoms with Crippen molar-refractivity contribution in [3.8, 4) is 0 Å². The molecule has 1 aliphatic rings. The van der Waals surface area contributed by atoms with Crippen molar-refractivity contribution in [3.63, 3.8) is 0 Å². The summed E-state index contributed by atoms with van der Waals surface area (Å²) in [5.74, 6) is 0.0574. The molecule has 0 unspecified atom stereocenters. The zero-order valence-corrected chi connectivity index (χ0v) is 11.0. The molecule has 1 amide bonds. The van der Waals surface area contributed by atoms with E-state index in [4.69, 9.17) is 0 Å². The van der Waals surface area contributed by atoms with Gasteiger partial charge in [0.05, 0.1) is 5.56 Å². The summed E-state index contributed by atoms with van der Waals surface area (Å²) in [6.45, 7) is 1.93. The second-order valence-corrected chi connectivity index (χ2v) is 4.84. The first-order valence-corrected chi connectivity index (χ1v) is 6.66. The van der Waals surface area contributed by atoms with Gasteiger partial charge in [0.25, 0.3) is 0 Å². The number of rotatable bonds is 4. The second kappa shape index (κ2) is 6.15. The Bertz CT molecular complexity index is 468. The van der Waals surface area contributed by atoms with E-state index in [9.17, 15) is 18.0 Å². The van der Waals surface area contributed by atoms with Gasteiger partial charge in [0, 0.05) is 31.7 Å². The summed E-state index contributed by atoms with van der Waals surface area (Å²) < 4.78 is 37.6. The largest absolute Gasteiger partial charge is 0.416 e. The normalized spacial score (nSPS) is 15.4. The zero-order valence-electron chi connectivity index (χ0n) is 11.0. The summed E-state index contributed by atoms with van der Waals surface area (Å²) in [6, 6.07) is 5.00. The van der Waals surface area contributed by atoms with E-state index in [0.717, 1.165) is 38.1 Å². The molecule has 0 radical (unpaired) electrons. The van der Waals surface area contributed by atoms with Crippen LogP contribution in [0, 0.1) is 0 Å². The topological polar surface area (TPSA) is 32.3 Å². The van der Waals surface area contributed by atoms with Gasteiger partial charge in [0.1, 0.15) is 0 Å². The maximum absolute atomic E-state index is 12.5. The van der Waals surface area contributed by atoms with Crippen molar-refractivity contribution >= 4 is 11.6 Å². The van der Waals surface area contributed by atoms with Gasteiger partial charge in [0.15, 0.2) is 0 Å². The van der Waals surface area contributed by atoms with Gasteiger partial charge in [-0.25, -0.2) is 0 Å². The number of likely N-dealkylation sites (tertiary alicyclic amines) is 1. The molecule has 1 aliphatic heterocycles. The number of anilines is 1. The van der Waals surface area contributed by atoms with Gasteiger partial charge in [-0.1, -0.05) is 6.07 Å². The van der Waals surface area contributed by atoms with Gasteiger partial charge in [-0.3, -0.25) is 4.79 Å². The van der Waals surface area contributed by atoms with Crippen LogP contribution in [0.15, 0.2) is 24.3 Å². The highest BCUT2D eigenvalue weighted by atomic mass is 19.4. The van der Waals surface area contributed by atoms with Gasteiger partial charge < -0.3 is 10.2 Å². The minimum absolute atomic E-state index is 0.0574. The minimum atomic E-state index is -4.34. The lowest BCUT2D eigenvalue weighted by Gasteiger charge is -2.15. The van der Waals surface area contributed by atoms with Crippen molar-refractivity contribution in [1.82, 2.24) is 4.90 Å². The van der Waals surface area contributed by atoms with Gasteiger partial charge in [-0.15, -0.1) is 0 Å². The number of hydrogen-bond donors (Lipinski definition) is 1. The highest BCUT2D eigenvalue weighted by molar-refractivity contribution is 5.77. The van der Waals surface area contributed by atoms with Crippen molar-refractivity contribution in [1.29, 1.82) is 0 Å². The van der Waals surface area contributed by atoms with Crippen LogP contribution < -0.4 is 5.32 Å². The summed E-state index contributed by atoms with van der Waals surface area (Å²) in [5, 5.41) is 2.86. The molecule has 0 aromatic heterocycles. The first-order chi connectivity index (χ1) is 9.47. The molecular weight excluding hydrogens is 269 g/mol. The number of hydrogen-bond acceptors (Lipinski definition) is 2. The molecule has 2 rings (SSSR count). The molecule has 0 saturated carbocycles. The van der Waals surface area contributed by atoms with Crippen LogP contribution >= 0.6 is 0 Å². The quantitative estimate of drug-likeness (QED) is 0.922. The van der Waals surface area contributed by atoms with Crippen LogP contribution in [-0.2, 0) is 11.0 Å². The maximum atomic E-state index is 12.5. The van der Waals surface area contributed by atoms with E-state index in [1.54, 1.807) is 11.0 Å². The molecule has 1 aromatic carbocycles. The Balaban J connectivity index is 1.83. The first kappa shape index (κ1) is 14.7. The van der Waals surface area contributed by atoms with Gasteiger partial charge in [-0.2, -0.15) is 13.2 Å². The van der Waals surface area contributed by atoms with Crippen molar-refractivity contribution < 1.29 is 18.0 Å². The lowest BCUT2D eigenvalue weighted by Crippen LogP contribution is -2.29. The number of benzene rings is 1. The Morgan fingerprint density at radius 3 is 2.60 bits per heavy atom. The molecule has 0 spiro atoms. The third-order valence-electron chi connectivity index (χ3n) is 3.32. The molecule has 110 valence electrons.